The Morgan fingerprint density at radius 3 is 0.868 bits per heavy atom. The maximum absolute atomic E-state index is 12.4. The van der Waals surface area contributed by atoms with Crippen LogP contribution in [0.25, 0.3) is 0 Å². The molecule has 0 aromatic heterocycles. The summed E-state index contributed by atoms with van der Waals surface area (Å²) in [5, 5.41) is 3.19. The van der Waals surface area contributed by atoms with Gasteiger partial charge in [-0.25, -0.2) is 39.5 Å². The van der Waals surface area contributed by atoms with E-state index in [-0.39, 0.29) is 28.3 Å². The van der Waals surface area contributed by atoms with Gasteiger partial charge < -0.3 is 0 Å². The van der Waals surface area contributed by atoms with E-state index >= 15 is 0 Å². The van der Waals surface area contributed by atoms with Gasteiger partial charge in [-0.3, -0.25) is 26.3 Å². The fourth-order valence-corrected chi connectivity index (χ4v) is 22.4. The Balaban J connectivity index is 0.000000292. The van der Waals surface area contributed by atoms with Crippen LogP contribution in [0.4, 0.5) is 65.9 Å². The first-order chi connectivity index (χ1) is 31.3. The number of halogens is 16. The van der Waals surface area contributed by atoms with Gasteiger partial charge in [0.25, 0.3) is 0 Å². The molecular formula is C44H25AuClF15O4P2S. The van der Waals surface area contributed by atoms with Gasteiger partial charge in [-0.2, -0.15) is 0 Å². The van der Waals surface area contributed by atoms with Gasteiger partial charge in [-0.05, 0) is 0 Å². The van der Waals surface area contributed by atoms with Crippen molar-refractivity contribution in [2.24, 2.45) is 0 Å². The average molecular weight is 1230 g/mol. The van der Waals surface area contributed by atoms with Crippen LogP contribution in [0.5, 0.6) is 0 Å². The van der Waals surface area contributed by atoms with E-state index < -0.39 is 110 Å². The Hall–Kier alpha value is -4.56. The van der Waals surface area contributed by atoms with Crippen LogP contribution in [-0.4, -0.2) is 12.6 Å². The molecule has 0 heterocycles. The van der Waals surface area contributed by atoms with E-state index in [9.17, 15) is 79.8 Å². The van der Waals surface area contributed by atoms with Gasteiger partial charge in [0.1, 0.15) is 0 Å². The third kappa shape index (κ3) is 13.4. The second-order valence-corrected chi connectivity index (χ2v) is 24.7. The molecule has 0 aliphatic carbocycles. The summed E-state index contributed by atoms with van der Waals surface area (Å²) >= 11 is 6.51. The molecule has 24 heteroatoms. The fourth-order valence-electron chi connectivity index (χ4n) is 5.89. The molecule has 0 spiro atoms. The Bertz CT molecular complexity index is 2570. The van der Waals surface area contributed by atoms with Gasteiger partial charge >= 0.3 is 230 Å². The first kappa shape index (κ1) is 57.8. The van der Waals surface area contributed by atoms with Crippen LogP contribution in [0.2, 0.25) is 0 Å². The maximum Gasteiger partial charge on any atom is 3.00 e. The zero-order chi connectivity index (χ0) is 50.1. The van der Waals surface area contributed by atoms with Crippen molar-refractivity contribution in [3.8, 4) is 0 Å². The molecule has 0 aliphatic heterocycles. The minimum atomic E-state index is -4.76. The van der Waals surface area contributed by atoms with Gasteiger partial charge in [0, 0.05) is 0 Å². The van der Waals surface area contributed by atoms with Crippen LogP contribution < -0.4 is 35.2 Å². The van der Waals surface area contributed by atoms with Crippen LogP contribution in [0.15, 0.2) is 121 Å². The predicted molar refractivity (Wildman–Crippen MR) is 213 cm³/mol. The van der Waals surface area contributed by atoms with Crippen molar-refractivity contribution in [2.75, 3.05) is 12.6 Å². The molecule has 7 aromatic rings. The molecule has 0 aliphatic rings. The van der Waals surface area contributed by atoms with E-state index in [1.54, 1.807) is 6.66 Å². The van der Waals surface area contributed by atoms with Crippen LogP contribution in [0, 0.1) is 116 Å². The summed E-state index contributed by atoms with van der Waals surface area (Å²) in [7, 11) is -4.76. The van der Waals surface area contributed by atoms with E-state index in [2.05, 4.69) is 0 Å². The van der Waals surface area contributed by atoms with Gasteiger partial charge in [0.15, 0.2) is 0 Å². The number of hydrogen-bond donors (Lipinski definition) is 0. The molecule has 0 N–H and O–H groups in total. The normalized spacial score (nSPS) is 11.8. The Morgan fingerprint density at radius 1 is 0.426 bits per heavy atom. The molecule has 0 unspecified atom stereocenters. The zero-order valence-electron chi connectivity index (χ0n) is 33.5. The summed E-state index contributed by atoms with van der Waals surface area (Å²) in [6, 6.07) is 38.2. The standard InChI is InChI=1S/C26H25ClO4P2S.3C6F5.Au/c1-33(31-27(28,29)30,25-18-10-4-11-19-25,26-20-12-5-13-21-26)22-32(34,23-14-6-2-7-15-23)24-16-8-3-9-17-24;3*7-2-1-3(8)5(10)6(11)4(2)9;/h2-21H,22H2,1H3;;;;/q;3*-1;+3. The van der Waals surface area contributed by atoms with Crippen molar-refractivity contribution in [3.63, 3.8) is 0 Å². The fraction of sp³-hybridized carbons (Fsp3) is 0.0455. The largest absolute Gasteiger partial charge is 3.00 e. The molecule has 7 rings (SSSR count). The Labute approximate surface area is 399 Å². The van der Waals surface area contributed by atoms with Crippen molar-refractivity contribution in [1.29, 1.82) is 0 Å². The average Bonchev–Trinajstić information content (AvgIpc) is 3.31. The molecule has 7 aromatic carbocycles. The minimum Gasteiger partial charge on any atom is -0.278 e. The monoisotopic (exact) mass is 1230 g/mol. The number of benzene rings is 7. The zero-order valence-corrected chi connectivity index (χ0v) is 39.1. The predicted octanol–water partition coefficient (Wildman–Crippen LogP) is 8.28. The van der Waals surface area contributed by atoms with E-state index in [0.717, 1.165) is 28.8 Å². The molecule has 0 amide bonds. The van der Waals surface area contributed by atoms with E-state index in [1.807, 2.05) is 121 Å². The summed E-state index contributed by atoms with van der Waals surface area (Å²) in [4.78, 5) is 0. The summed E-state index contributed by atoms with van der Waals surface area (Å²) in [6.07, 6.45) is 0. The van der Waals surface area contributed by atoms with Gasteiger partial charge in [0.05, 0.1) is 87.3 Å². The molecule has 0 saturated carbocycles. The second-order valence-electron chi connectivity index (χ2n) is 13.4. The minimum absolute atomic E-state index is 0. The molecule has 0 bridgehead atoms. The third-order valence-electron chi connectivity index (χ3n) is 8.99. The van der Waals surface area contributed by atoms with Crippen LogP contribution in [-0.2, 0) is 38.3 Å². The molecule has 0 radical (unpaired) electrons. The van der Waals surface area contributed by atoms with Crippen LogP contribution >= 0.6 is 12.9 Å². The van der Waals surface area contributed by atoms with Crippen molar-refractivity contribution in [2.45, 2.75) is 0 Å². The second kappa shape index (κ2) is 23.8. The van der Waals surface area contributed by atoms with Crippen LogP contribution in [0.1, 0.15) is 0 Å². The van der Waals surface area contributed by atoms with Crippen molar-refractivity contribution in [3.05, 3.63) is 227 Å². The van der Waals surface area contributed by atoms with Crippen molar-refractivity contribution in [1.82, 2.24) is 0 Å². The molecule has 0 saturated heterocycles. The summed E-state index contributed by atoms with van der Waals surface area (Å²) in [5.74, 6) is -29.9. The Kier molecular flexibility index (Phi) is 20.2. The van der Waals surface area contributed by atoms with E-state index in [4.69, 9.17) is 15.9 Å². The molecule has 68 heavy (non-hydrogen) atoms. The first-order valence-corrected chi connectivity index (χ1v) is 24.9. The van der Waals surface area contributed by atoms with E-state index in [0.29, 0.717) is 10.6 Å². The van der Waals surface area contributed by atoms with Gasteiger partial charge in [-0.15, -0.1) is 18.2 Å². The van der Waals surface area contributed by atoms with Crippen molar-refractivity contribution >= 4 is 45.9 Å². The summed E-state index contributed by atoms with van der Waals surface area (Å²) in [5.41, 5.74) is 0. The van der Waals surface area contributed by atoms with E-state index in [1.165, 1.54) is 0 Å². The topological polar surface area (TPSA) is 78.4 Å². The molecule has 0 fully saturated rings. The SMILES string of the molecule is CP(CP(=S)(c1ccccc1)c1ccccc1)(O[Cl+3]([O-])([O-])[O-])(c1ccccc1)c1ccccc1.Fc1[c-]c(F)c(F)c(F)c1F.Fc1[c-]c(F)c(F)c(F)c1F.Fc1[c-]c(F)c(F)c(F)c1F.[Au+3]. The quantitative estimate of drug-likeness (QED) is 0.0383. The van der Waals surface area contributed by atoms with Gasteiger partial charge in [-0.1, -0.05) is 0 Å². The molecule has 0 atom stereocenters. The maximum atomic E-state index is 12.4. The number of rotatable bonds is 8. The van der Waals surface area contributed by atoms with Gasteiger partial charge in [0.2, 0.25) is 0 Å². The summed E-state index contributed by atoms with van der Waals surface area (Å²) < 4.78 is 222. The summed E-state index contributed by atoms with van der Waals surface area (Å²) in [6.45, 7) is -2.38. The molecule has 364 valence electrons. The molecule has 4 nitrogen and oxygen atoms in total. The molecular weight excluding hydrogens is 1200 g/mol. The third-order valence-corrected chi connectivity index (χ3v) is 23.3. The number of hydrogen-bond acceptors (Lipinski definition) is 5. The Morgan fingerprint density at radius 2 is 0.647 bits per heavy atom. The smallest absolute Gasteiger partial charge is 0.278 e. The van der Waals surface area contributed by atoms with Crippen molar-refractivity contribution < 1.29 is 117 Å². The van der Waals surface area contributed by atoms with Crippen LogP contribution in [0.3, 0.4) is 0 Å². The first-order valence-electron chi connectivity index (χ1n) is 17.9.